The molecule has 0 saturated carbocycles. The van der Waals surface area contributed by atoms with Crippen LogP contribution in [0.1, 0.15) is 70.4 Å². The van der Waals surface area contributed by atoms with Gasteiger partial charge >= 0.3 is 0 Å². The Morgan fingerprint density at radius 1 is 0.913 bits per heavy atom. The van der Waals surface area contributed by atoms with Crippen molar-refractivity contribution < 1.29 is 0 Å². The van der Waals surface area contributed by atoms with Crippen molar-refractivity contribution in [3.8, 4) is 0 Å². The highest BCUT2D eigenvalue weighted by Gasteiger charge is 2.03. The van der Waals surface area contributed by atoms with Gasteiger partial charge in [-0.05, 0) is 25.0 Å². The lowest BCUT2D eigenvalue weighted by atomic mass is 10.1. The average molecular weight is 314 g/mol. The fraction of sp³-hybridized carbons (Fsp3) is 0.550. The van der Waals surface area contributed by atoms with Crippen molar-refractivity contribution in [3.63, 3.8) is 0 Å². The summed E-state index contributed by atoms with van der Waals surface area (Å²) in [6.45, 7) is 2.24. The van der Waals surface area contributed by atoms with Gasteiger partial charge in [0, 0.05) is 22.7 Å². The number of fused-ring (bicyclic) bond motifs is 1. The minimum Gasteiger partial charge on any atom is -0.805 e. The van der Waals surface area contributed by atoms with E-state index in [4.69, 9.17) is 0 Å². The zero-order valence-electron chi connectivity index (χ0n) is 14.2. The van der Waals surface area contributed by atoms with Crippen molar-refractivity contribution in [3.05, 3.63) is 51.5 Å². The standard InChI is InChI=1S/C20H28NO2/c1-2-3-4-5-6-7-8-9-10-13-17-16-20(22)18-14-11-12-15-19(18)21(17)23/h11-12,14-16H,2-10,13H2,1H3/q-1. The van der Waals surface area contributed by atoms with Gasteiger partial charge in [-0.1, -0.05) is 70.4 Å². The Morgan fingerprint density at radius 2 is 1.52 bits per heavy atom. The average Bonchev–Trinajstić information content (AvgIpc) is 2.57. The normalized spacial score (nSPS) is 11.2. The summed E-state index contributed by atoms with van der Waals surface area (Å²) in [4.78, 5) is 12.1. The van der Waals surface area contributed by atoms with E-state index in [9.17, 15) is 10.0 Å². The molecule has 0 saturated heterocycles. The molecular weight excluding hydrogens is 286 g/mol. The third-order valence-electron chi connectivity index (χ3n) is 4.48. The molecule has 2 rings (SSSR count). The van der Waals surface area contributed by atoms with Gasteiger partial charge in [0.05, 0.1) is 0 Å². The molecule has 0 unspecified atom stereocenters. The van der Waals surface area contributed by atoms with E-state index >= 15 is 0 Å². The Hall–Kier alpha value is -1.77. The summed E-state index contributed by atoms with van der Waals surface area (Å²) >= 11 is 0. The second-order valence-corrected chi connectivity index (χ2v) is 6.39. The first-order valence-electron chi connectivity index (χ1n) is 9.05. The van der Waals surface area contributed by atoms with E-state index in [0.717, 1.165) is 17.6 Å². The molecule has 0 bridgehead atoms. The molecule has 2 aromatic rings. The van der Waals surface area contributed by atoms with Crippen LogP contribution in [0.3, 0.4) is 0 Å². The quantitative estimate of drug-likeness (QED) is 0.550. The number of unbranched alkanes of at least 4 members (excludes halogenated alkanes) is 8. The molecule has 23 heavy (non-hydrogen) atoms. The monoisotopic (exact) mass is 314 g/mol. The van der Waals surface area contributed by atoms with Crippen LogP contribution in [0.2, 0.25) is 0 Å². The molecule has 0 aliphatic rings. The smallest absolute Gasteiger partial charge is 0.189 e. The summed E-state index contributed by atoms with van der Waals surface area (Å²) in [5.41, 5.74) is 1.06. The predicted molar refractivity (Wildman–Crippen MR) is 97.9 cm³/mol. The van der Waals surface area contributed by atoms with Gasteiger partial charge in [-0.3, -0.25) is 4.79 Å². The van der Waals surface area contributed by atoms with Gasteiger partial charge in [0.25, 0.3) is 0 Å². The molecule has 126 valence electrons. The lowest BCUT2D eigenvalue weighted by Gasteiger charge is -2.20. The van der Waals surface area contributed by atoms with E-state index in [-0.39, 0.29) is 5.43 Å². The summed E-state index contributed by atoms with van der Waals surface area (Å²) in [7, 11) is 0. The van der Waals surface area contributed by atoms with Crippen LogP contribution in [-0.4, -0.2) is 4.73 Å². The van der Waals surface area contributed by atoms with Gasteiger partial charge < -0.3 is 9.94 Å². The van der Waals surface area contributed by atoms with E-state index in [2.05, 4.69) is 6.92 Å². The number of nitrogens with zero attached hydrogens (tertiary/aromatic N) is 1. The van der Waals surface area contributed by atoms with Crippen molar-refractivity contribution in [2.24, 2.45) is 0 Å². The van der Waals surface area contributed by atoms with Crippen LogP contribution < -0.4 is 5.43 Å². The molecule has 3 nitrogen and oxygen atoms in total. The fourth-order valence-corrected chi connectivity index (χ4v) is 3.09. The van der Waals surface area contributed by atoms with Gasteiger partial charge in [-0.15, -0.1) is 0 Å². The molecule has 0 aliphatic carbocycles. The van der Waals surface area contributed by atoms with Crippen molar-refractivity contribution in [2.45, 2.75) is 71.1 Å². The fourth-order valence-electron chi connectivity index (χ4n) is 3.09. The van der Waals surface area contributed by atoms with Crippen LogP contribution in [0, 0.1) is 5.21 Å². The van der Waals surface area contributed by atoms with E-state index in [0.29, 0.717) is 23.0 Å². The first kappa shape index (κ1) is 17.6. The summed E-state index contributed by atoms with van der Waals surface area (Å²) in [5, 5.41) is 12.8. The third kappa shape index (κ3) is 5.12. The number of rotatable bonds is 10. The van der Waals surface area contributed by atoms with Crippen LogP contribution in [0.4, 0.5) is 0 Å². The summed E-state index contributed by atoms with van der Waals surface area (Å²) < 4.78 is 0.932. The van der Waals surface area contributed by atoms with E-state index in [1.165, 1.54) is 51.0 Å². The van der Waals surface area contributed by atoms with E-state index in [1.807, 2.05) is 0 Å². The number of aryl methyl sites for hydroxylation is 1. The SMILES string of the molecule is CCCCCCCCCCCc1cc(=O)c2ccccc2n1[O-]. The molecule has 0 atom stereocenters. The maximum Gasteiger partial charge on any atom is 0.189 e. The predicted octanol–water partition coefficient (Wildman–Crippen LogP) is 5.42. The van der Waals surface area contributed by atoms with Crippen molar-refractivity contribution in [1.82, 2.24) is 4.73 Å². The molecule has 1 heterocycles. The number of para-hydroxylation sites is 1. The van der Waals surface area contributed by atoms with Gasteiger partial charge in [0.2, 0.25) is 0 Å². The lowest BCUT2D eigenvalue weighted by Crippen LogP contribution is -2.10. The van der Waals surface area contributed by atoms with Gasteiger partial charge in [-0.25, -0.2) is 0 Å². The summed E-state index contributed by atoms with van der Waals surface area (Å²) in [6.07, 6.45) is 12.0. The number of pyridine rings is 1. The minimum atomic E-state index is -0.0429. The third-order valence-corrected chi connectivity index (χ3v) is 4.48. The number of hydrogen-bond donors (Lipinski definition) is 0. The molecule has 0 radical (unpaired) electrons. The topological polar surface area (TPSA) is 45.1 Å². The van der Waals surface area contributed by atoms with Crippen molar-refractivity contribution in [2.75, 3.05) is 0 Å². The van der Waals surface area contributed by atoms with Gasteiger partial charge in [-0.2, -0.15) is 0 Å². The van der Waals surface area contributed by atoms with Crippen LogP contribution in [0.5, 0.6) is 0 Å². The second kappa shape index (κ2) is 9.39. The maximum absolute atomic E-state index is 12.3. The Morgan fingerprint density at radius 3 is 2.22 bits per heavy atom. The highest BCUT2D eigenvalue weighted by Crippen LogP contribution is 2.15. The molecule has 0 aliphatic heterocycles. The molecule has 0 N–H and O–H groups in total. The number of hydrogen-bond acceptors (Lipinski definition) is 2. The minimum absolute atomic E-state index is 0.0429. The van der Waals surface area contributed by atoms with Crippen molar-refractivity contribution >= 4 is 10.9 Å². The van der Waals surface area contributed by atoms with Gasteiger partial charge in [0.15, 0.2) is 5.43 Å². The molecule has 1 aromatic carbocycles. The molecule has 0 spiro atoms. The first-order chi connectivity index (χ1) is 11.2. The van der Waals surface area contributed by atoms with Crippen LogP contribution in [0.15, 0.2) is 35.1 Å². The van der Waals surface area contributed by atoms with Crippen LogP contribution in [0.25, 0.3) is 10.9 Å². The Balaban J connectivity index is 1.77. The van der Waals surface area contributed by atoms with E-state index < -0.39 is 0 Å². The molecule has 0 amide bonds. The largest absolute Gasteiger partial charge is 0.805 e. The second-order valence-electron chi connectivity index (χ2n) is 6.39. The molecule has 1 aromatic heterocycles. The highest BCUT2D eigenvalue weighted by atomic mass is 16.5. The molecular formula is C20H28NO2-. The number of benzene rings is 1. The maximum atomic E-state index is 12.3. The zero-order chi connectivity index (χ0) is 16.5. The number of aromatic nitrogens is 1. The highest BCUT2D eigenvalue weighted by molar-refractivity contribution is 5.79. The Labute approximate surface area is 138 Å². The van der Waals surface area contributed by atoms with Crippen LogP contribution >= 0.6 is 0 Å². The lowest BCUT2D eigenvalue weighted by molar-refractivity contribution is 0.563. The van der Waals surface area contributed by atoms with Gasteiger partial charge in [0.1, 0.15) is 0 Å². The molecule has 3 heteroatoms. The zero-order valence-corrected chi connectivity index (χ0v) is 14.2. The van der Waals surface area contributed by atoms with Crippen LogP contribution in [-0.2, 0) is 6.42 Å². The Kier molecular flexibility index (Phi) is 7.18. The van der Waals surface area contributed by atoms with Crippen molar-refractivity contribution in [1.29, 1.82) is 0 Å². The molecule has 0 fully saturated rings. The first-order valence-corrected chi connectivity index (χ1v) is 9.05. The summed E-state index contributed by atoms with van der Waals surface area (Å²) in [6, 6.07) is 8.56. The Bertz CT molecular complexity index is 660. The van der Waals surface area contributed by atoms with E-state index in [1.54, 1.807) is 24.3 Å². The summed E-state index contributed by atoms with van der Waals surface area (Å²) in [5.74, 6) is 0.